The van der Waals surface area contributed by atoms with Gasteiger partial charge in [0, 0.05) is 5.02 Å². The molecule has 100 valence electrons. The molecule has 3 rings (SSSR count). The highest BCUT2D eigenvalue weighted by Gasteiger charge is 2.27. The maximum absolute atomic E-state index is 11.5. The minimum Gasteiger partial charge on any atom is -0.447 e. The molecule has 2 saturated heterocycles. The summed E-state index contributed by atoms with van der Waals surface area (Å²) in [5, 5.41) is 0.451. The Labute approximate surface area is 114 Å². The molecule has 2 amide bonds. The van der Waals surface area contributed by atoms with Crippen LogP contribution in [0, 0.1) is 0 Å². The summed E-state index contributed by atoms with van der Waals surface area (Å²) in [7, 11) is 0. The zero-order chi connectivity index (χ0) is 13.4. The molecule has 0 unspecified atom stereocenters. The summed E-state index contributed by atoms with van der Waals surface area (Å²) in [5.74, 6) is 0. The molecule has 1 aromatic rings. The Morgan fingerprint density at radius 1 is 0.895 bits per heavy atom. The van der Waals surface area contributed by atoms with Gasteiger partial charge in [0.25, 0.3) is 0 Å². The van der Waals surface area contributed by atoms with Crippen molar-refractivity contribution in [1.29, 1.82) is 0 Å². The molecule has 0 bridgehead atoms. The molecule has 2 aliphatic heterocycles. The maximum Gasteiger partial charge on any atom is 0.414 e. The summed E-state index contributed by atoms with van der Waals surface area (Å²) in [6.07, 6.45) is -0.811. The second-order valence-electron chi connectivity index (χ2n) is 4.20. The predicted octanol–water partition coefficient (Wildman–Crippen LogP) is 2.25. The molecule has 2 aliphatic rings. The van der Waals surface area contributed by atoms with Gasteiger partial charge in [-0.1, -0.05) is 11.6 Å². The number of carbonyl (C=O) groups excluding carboxylic acids is 2. The highest BCUT2D eigenvalue weighted by atomic mass is 35.5. The van der Waals surface area contributed by atoms with E-state index in [1.54, 1.807) is 18.2 Å². The predicted molar refractivity (Wildman–Crippen MR) is 68.8 cm³/mol. The molecule has 0 spiro atoms. The molecule has 0 N–H and O–H groups in total. The fourth-order valence-corrected chi connectivity index (χ4v) is 2.35. The van der Waals surface area contributed by atoms with Crippen LogP contribution in [0.15, 0.2) is 18.2 Å². The average Bonchev–Trinajstić information content (AvgIpc) is 2.97. The summed E-state index contributed by atoms with van der Waals surface area (Å²) in [6, 6.07) is 5.06. The zero-order valence-electron chi connectivity index (χ0n) is 9.97. The number of hydrogen-bond acceptors (Lipinski definition) is 4. The van der Waals surface area contributed by atoms with Crippen LogP contribution < -0.4 is 9.80 Å². The Kier molecular flexibility index (Phi) is 2.94. The zero-order valence-corrected chi connectivity index (χ0v) is 10.7. The highest BCUT2D eigenvalue weighted by molar-refractivity contribution is 6.31. The van der Waals surface area contributed by atoms with Crippen LogP contribution in [-0.4, -0.2) is 38.5 Å². The van der Waals surface area contributed by atoms with E-state index in [4.69, 9.17) is 21.1 Å². The van der Waals surface area contributed by atoms with Crippen LogP contribution in [0.1, 0.15) is 0 Å². The lowest BCUT2D eigenvalue weighted by Gasteiger charge is -2.18. The van der Waals surface area contributed by atoms with E-state index in [0.717, 1.165) is 0 Å². The number of benzene rings is 1. The Morgan fingerprint density at radius 3 is 1.74 bits per heavy atom. The van der Waals surface area contributed by atoms with E-state index in [0.29, 0.717) is 42.7 Å². The van der Waals surface area contributed by atoms with Gasteiger partial charge in [0.2, 0.25) is 0 Å². The quantitative estimate of drug-likeness (QED) is 0.835. The Bertz CT molecular complexity index is 504. The molecular weight excluding hydrogens is 272 g/mol. The Morgan fingerprint density at radius 2 is 1.37 bits per heavy atom. The summed E-state index contributed by atoms with van der Waals surface area (Å²) in [5.41, 5.74) is 1.23. The third-order valence-electron chi connectivity index (χ3n) is 3.01. The second-order valence-corrected chi connectivity index (χ2v) is 4.64. The van der Waals surface area contributed by atoms with Crippen molar-refractivity contribution in [3.05, 3.63) is 23.2 Å². The second kappa shape index (κ2) is 4.62. The van der Waals surface area contributed by atoms with Crippen molar-refractivity contribution in [3.63, 3.8) is 0 Å². The first kappa shape index (κ1) is 12.1. The lowest BCUT2D eigenvalue weighted by molar-refractivity contribution is 0.180. The molecule has 1 aromatic carbocycles. The third-order valence-corrected chi connectivity index (χ3v) is 3.23. The number of hydrogen-bond donors (Lipinski definition) is 0. The lowest BCUT2D eigenvalue weighted by Crippen LogP contribution is -2.26. The SMILES string of the molecule is O=C1OCCN1c1cc(Cl)cc(N2CCOC2=O)c1. The van der Waals surface area contributed by atoms with Crippen LogP contribution in [0.25, 0.3) is 0 Å². The number of cyclic esters (lactones) is 2. The van der Waals surface area contributed by atoms with Crippen LogP contribution in [0.3, 0.4) is 0 Å². The van der Waals surface area contributed by atoms with Gasteiger partial charge in [-0.15, -0.1) is 0 Å². The number of rotatable bonds is 2. The van der Waals surface area contributed by atoms with Crippen molar-refractivity contribution < 1.29 is 19.1 Å². The number of amides is 2. The monoisotopic (exact) mass is 282 g/mol. The first-order chi connectivity index (χ1) is 9.15. The van der Waals surface area contributed by atoms with Gasteiger partial charge in [-0.05, 0) is 18.2 Å². The van der Waals surface area contributed by atoms with Crippen molar-refractivity contribution in [2.75, 3.05) is 36.1 Å². The van der Waals surface area contributed by atoms with Gasteiger partial charge < -0.3 is 9.47 Å². The summed E-state index contributed by atoms with van der Waals surface area (Å²) >= 11 is 6.04. The Hall–Kier alpha value is -1.95. The number of ether oxygens (including phenoxy) is 2. The molecule has 0 aliphatic carbocycles. The summed E-state index contributed by atoms with van der Waals surface area (Å²) in [6.45, 7) is 1.66. The molecule has 0 aromatic heterocycles. The Balaban J connectivity index is 1.96. The molecular formula is C12H11ClN2O4. The van der Waals surface area contributed by atoms with Crippen LogP contribution in [0.5, 0.6) is 0 Å². The highest BCUT2D eigenvalue weighted by Crippen LogP contribution is 2.30. The lowest BCUT2D eigenvalue weighted by atomic mass is 10.2. The number of halogens is 1. The normalized spacial score (nSPS) is 18.8. The number of carbonyl (C=O) groups is 2. The van der Waals surface area contributed by atoms with E-state index in [9.17, 15) is 9.59 Å². The van der Waals surface area contributed by atoms with Gasteiger partial charge in [0.05, 0.1) is 24.5 Å². The third kappa shape index (κ3) is 2.19. The molecule has 0 atom stereocenters. The van der Waals surface area contributed by atoms with E-state index in [-0.39, 0.29) is 0 Å². The fraction of sp³-hybridized carbons (Fsp3) is 0.333. The van der Waals surface area contributed by atoms with Gasteiger partial charge in [-0.25, -0.2) is 9.59 Å². The molecule has 19 heavy (non-hydrogen) atoms. The van der Waals surface area contributed by atoms with Crippen molar-refractivity contribution >= 4 is 35.2 Å². The molecule has 0 radical (unpaired) electrons. The van der Waals surface area contributed by atoms with E-state index in [2.05, 4.69) is 0 Å². The summed E-state index contributed by atoms with van der Waals surface area (Å²) < 4.78 is 9.77. The first-order valence-corrected chi connectivity index (χ1v) is 6.22. The fourth-order valence-electron chi connectivity index (χ4n) is 2.13. The number of nitrogens with zero attached hydrogens (tertiary/aromatic N) is 2. The van der Waals surface area contributed by atoms with Crippen LogP contribution in [-0.2, 0) is 9.47 Å². The topological polar surface area (TPSA) is 59.1 Å². The van der Waals surface area contributed by atoms with Gasteiger partial charge in [-0.2, -0.15) is 0 Å². The molecule has 2 heterocycles. The van der Waals surface area contributed by atoms with Crippen LogP contribution >= 0.6 is 11.6 Å². The van der Waals surface area contributed by atoms with Crippen LogP contribution in [0.2, 0.25) is 5.02 Å². The van der Waals surface area contributed by atoms with Gasteiger partial charge >= 0.3 is 12.2 Å². The molecule has 7 heteroatoms. The minimum absolute atomic E-state index is 0.354. The average molecular weight is 283 g/mol. The van der Waals surface area contributed by atoms with Crippen molar-refractivity contribution in [3.8, 4) is 0 Å². The summed E-state index contributed by atoms with van der Waals surface area (Å²) in [4.78, 5) is 26.0. The van der Waals surface area contributed by atoms with E-state index in [1.165, 1.54) is 9.80 Å². The smallest absolute Gasteiger partial charge is 0.414 e. The van der Waals surface area contributed by atoms with Gasteiger partial charge in [0.15, 0.2) is 0 Å². The van der Waals surface area contributed by atoms with Crippen molar-refractivity contribution in [2.45, 2.75) is 0 Å². The van der Waals surface area contributed by atoms with Crippen molar-refractivity contribution in [1.82, 2.24) is 0 Å². The van der Waals surface area contributed by atoms with Gasteiger partial charge in [-0.3, -0.25) is 9.80 Å². The largest absolute Gasteiger partial charge is 0.447 e. The standard InChI is InChI=1S/C12H11ClN2O4/c13-8-5-9(14-1-3-18-11(14)16)7-10(6-8)15-2-4-19-12(15)17/h5-7H,1-4H2. The molecule has 6 nitrogen and oxygen atoms in total. The van der Waals surface area contributed by atoms with E-state index < -0.39 is 12.2 Å². The first-order valence-electron chi connectivity index (χ1n) is 5.84. The van der Waals surface area contributed by atoms with Gasteiger partial charge in [0.1, 0.15) is 13.2 Å². The maximum atomic E-state index is 11.5. The molecule has 0 saturated carbocycles. The van der Waals surface area contributed by atoms with Crippen molar-refractivity contribution in [2.24, 2.45) is 0 Å². The van der Waals surface area contributed by atoms with E-state index in [1.807, 2.05) is 0 Å². The number of anilines is 2. The van der Waals surface area contributed by atoms with E-state index >= 15 is 0 Å². The molecule has 2 fully saturated rings. The van der Waals surface area contributed by atoms with Crippen LogP contribution in [0.4, 0.5) is 21.0 Å². The minimum atomic E-state index is -0.405.